The van der Waals surface area contributed by atoms with E-state index in [2.05, 4.69) is 38.2 Å². The third kappa shape index (κ3) is 2.38. The van der Waals surface area contributed by atoms with Gasteiger partial charge in [0.2, 0.25) is 0 Å². The van der Waals surface area contributed by atoms with Gasteiger partial charge in [-0.15, -0.1) is 0 Å². The molecule has 3 N–H and O–H groups in total. The van der Waals surface area contributed by atoms with Crippen molar-refractivity contribution in [1.82, 2.24) is 5.32 Å². The van der Waals surface area contributed by atoms with Crippen molar-refractivity contribution < 1.29 is 10.2 Å². The standard InChI is InChI=1S/C18H21NO2/c1-10-6-12(3)14(7-11(10)2)18-15-9-17(21)16(20)8-13(15)4-5-19-18/h6-9,18-21H,4-5H2,1-3H3. The quantitative estimate of drug-likeness (QED) is 0.704. The molecule has 1 aliphatic rings. The van der Waals surface area contributed by atoms with Crippen molar-refractivity contribution in [3.63, 3.8) is 0 Å². The molecule has 1 atom stereocenters. The lowest BCUT2D eigenvalue weighted by atomic mass is 9.86. The van der Waals surface area contributed by atoms with Crippen LogP contribution in [-0.2, 0) is 6.42 Å². The number of benzene rings is 2. The van der Waals surface area contributed by atoms with Crippen molar-refractivity contribution >= 4 is 0 Å². The number of hydrogen-bond donors (Lipinski definition) is 3. The normalized spacial score (nSPS) is 17.6. The zero-order valence-electron chi connectivity index (χ0n) is 12.7. The maximum atomic E-state index is 9.83. The topological polar surface area (TPSA) is 52.5 Å². The summed E-state index contributed by atoms with van der Waals surface area (Å²) in [7, 11) is 0. The summed E-state index contributed by atoms with van der Waals surface area (Å²) in [5.74, 6) is -0.0878. The number of aryl methyl sites for hydroxylation is 3. The highest BCUT2D eigenvalue weighted by molar-refractivity contribution is 5.52. The van der Waals surface area contributed by atoms with Crippen molar-refractivity contribution in [2.24, 2.45) is 0 Å². The molecule has 21 heavy (non-hydrogen) atoms. The van der Waals surface area contributed by atoms with Crippen LogP contribution < -0.4 is 5.32 Å². The minimum Gasteiger partial charge on any atom is -0.504 e. The highest BCUT2D eigenvalue weighted by atomic mass is 16.3. The van der Waals surface area contributed by atoms with Gasteiger partial charge in [-0.2, -0.15) is 0 Å². The highest BCUT2D eigenvalue weighted by Gasteiger charge is 2.24. The molecule has 0 radical (unpaired) electrons. The third-order valence-corrected chi connectivity index (χ3v) is 4.48. The van der Waals surface area contributed by atoms with Gasteiger partial charge in [-0.1, -0.05) is 12.1 Å². The van der Waals surface area contributed by atoms with E-state index in [0.29, 0.717) is 0 Å². The molecular weight excluding hydrogens is 262 g/mol. The average molecular weight is 283 g/mol. The molecule has 3 rings (SSSR count). The molecule has 0 saturated heterocycles. The van der Waals surface area contributed by atoms with Crippen LogP contribution >= 0.6 is 0 Å². The van der Waals surface area contributed by atoms with E-state index in [-0.39, 0.29) is 17.5 Å². The monoisotopic (exact) mass is 283 g/mol. The van der Waals surface area contributed by atoms with E-state index in [4.69, 9.17) is 0 Å². The highest BCUT2D eigenvalue weighted by Crippen LogP contribution is 2.37. The summed E-state index contributed by atoms with van der Waals surface area (Å²) < 4.78 is 0. The minimum absolute atomic E-state index is 0.0359. The van der Waals surface area contributed by atoms with Gasteiger partial charge in [-0.3, -0.25) is 0 Å². The van der Waals surface area contributed by atoms with E-state index in [0.717, 1.165) is 24.1 Å². The number of fused-ring (bicyclic) bond motifs is 1. The summed E-state index contributed by atoms with van der Waals surface area (Å²) in [6, 6.07) is 7.88. The SMILES string of the molecule is Cc1cc(C)c(C2NCCc3cc(O)c(O)cc32)cc1C. The van der Waals surface area contributed by atoms with Gasteiger partial charge in [0, 0.05) is 6.54 Å². The molecule has 3 heteroatoms. The van der Waals surface area contributed by atoms with Crippen LogP contribution in [0.25, 0.3) is 0 Å². The molecule has 1 aliphatic heterocycles. The number of phenols is 2. The van der Waals surface area contributed by atoms with Gasteiger partial charge in [-0.05, 0) is 72.7 Å². The Morgan fingerprint density at radius 2 is 1.52 bits per heavy atom. The van der Waals surface area contributed by atoms with Crippen molar-refractivity contribution in [3.05, 3.63) is 57.6 Å². The Labute approximate surface area is 125 Å². The molecule has 110 valence electrons. The molecule has 0 spiro atoms. The lowest BCUT2D eigenvalue weighted by Crippen LogP contribution is -2.31. The van der Waals surface area contributed by atoms with Gasteiger partial charge in [-0.25, -0.2) is 0 Å². The van der Waals surface area contributed by atoms with Crippen LogP contribution in [0.1, 0.15) is 39.4 Å². The van der Waals surface area contributed by atoms with Gasteiger partial charge in [0.15, 0.2) is 11.5 Å². The van der Waals surface area contributed by atoms with Crippen molar-refractivity contribution in [1.29, 1.82) is 0 Å². The second-order valence-corrected chi connectivity index (χ2v) is 5.97. The van der Waals surface area contributed by atoms with Gasteiger partial charge in [0.1, 0.15) is 0 Å². The van der Waals surface area contributed by atoms with E-state index in [1.165, 1.54) is 22.3 Å². The lowest BCUT2D eigenvalue weighted by molar-refractivity contribution is 0.400. The first-order valence-corrected chi connectivity index (χ1v) is 7.33. The van der Waals surface area contributed by atoms with Crippen LogP contribution in [0.3, 0.4) is 0 Å². The molecule has 0 bridgehead atoms. The summed E-state index contributed by atoms with van der Waals surface area (Å²) >= 11 is 0. The van der Waals surface area contributed by atoms with Gasteiger partial charge >= 0.3 is 0 Å². The predicted molar refractivity (Wildman–Crippen MR) is 84.0 cm³/mol. The van der Waals surface area contributed by atoms with Gasteiger partial charge < -0.3 is 15.5 Å². The van der Waals surface area contributed by atoms with Crippen LogP contribution in [0.4, 0.5) is 0 Å². The first-order valence-electron chi connectivity index (χ1n) is 7.33. The molecule has 0 fully saturated rings. The van der Waals surface area contributed by atoms with E-state index in [1.54, 1.807) is 12.1 Å². The third-order valence-electron chi connectivity index (χ3n) is 4.48. The molecule has 1 heterocycles. The van der Waals surface area contributed by atoms with Crippen molar-refractivity contribution in [3.8, 4) is 11.5 Å². The van der Waals surface area contributed by atoms with Crippen LogP contribution in [-0.4, -0.2) is 16.8 Å². The fourth-order valence-electron chi connectivity index (χ4n) is 3.15. The fraction of sp³-hybridized carbons (Fsp3) is 0.333. The molecule has 3 nitrogen and oxygen atoms in total. The van der Waals surface area contributed by atoms with Gasteiger partial charge in [0.05, 0.1) is 6.04 Å². The minimum atomic E-state index is -0.0519. The molecule has 2 aromatic carbocycles. The zero-order chi connectivity index (χ0) is 15.1. The van der Waals surface area contributed by atoms with Crippen molar-refractivity contribution in [2.45, 2.75) is 33.2 Å². The second kappa shape index (κ2) is 5.08. The zero-order valence-corrected chi connectivity index (χ0v) is 12.7. The molecule has 0 aromatic heterocycles. The van der Waals surface area contributed by atoms with Crippen molar-refractivity contribution in [2.75, 3.05) is 6.54 Å². The number of rotatable bonds is 1. The largest absolute Gasteiger partial charge is 0.504 e. The molecule has 0 saturated carbocycles. The maximum Gasteiger partial charge on any atom is 0.157 e. The van der Waals surface area contributed by atoms with Crippen LogP contribution in [0, 0.1) is 20.8 Å². The number of nitrogens with one attached hydrogen (secondary N) is 1. The first kappa shape index (κ1) is 14.0. The summed E-state index contributed by atoms with van der Waals surface area (Å²) in [4.78, 5) is 0. The number of aromatic hydroxyl groups is 2. The second-order valence-electron chi connectivity index (χ2n) is 5.97. The molecule has 2 aromatic rings. The molecule has 0 aliphatic carbocycles. The van der Waals surface area contributed by atoms with Crippen LogP contribution in [0.2, 0.25) is 0 Å². The van der Waals surface area contributed by atoms with E-state index in [1.807, 2.05) is 0 Å². The summed E-state index contributed by atoms with van der Waals surface area (Å²) in [6.45, 7) is 7.24. The maximum absolute atomic E-state index is 9.83. The number of phenolic OH excluding ortho intramolecular Hbond substituents is 2. The van der Waals surface area contributed by atoms with Crippen LogP contribution in [0.15, 0.2) is 24.3 Å². The molecule has 1 unspecified atom stereocenters. The van der Waals surface area contributed by atoms with Crippen LogP contribution in [0.5, 0.6) is 11.5 Å². The average Bonchev–Trinajstić information content (AvgIpc) is 2.44. The summed E-state index contributed by atoms with van der Waals surface area (Å²) in [6.07, 6.45) is 0.865. The first-order chi connectivity index (χ1) is 9.97. The van der Waals surface area contributed by atoms with Gasteiger partial charge in [0.25, 0.3) is 0 Å². The Kier molecular flexibility index (Phi) is 3.38. The summed E-state index contributed by atoms with van der Waals surface area (Å²) in [5, 5.41) is 23.1. The number of hydrogen-bond acceptors (Lipinski definition) is 3. The predicted octanol–water partition coefficient (Wildman–Crippen LogP) is 3.26. The Morgan fingerprint density at radius 3 is 2.29 bits per heavy atom. The molecular formula is C18H21NO2. The Hall–Kier alpha value is -2.00. The van der Waals surface area contributed by atoms with E-state index >= 15 is 0 Å². The van der Waals surface area contributed by atoms with E-state index in [9.17, 15) is 10.2 Å². The Morgan fingerprint density at radius 1 is 0.857 bits per heavy atom. The van der Waals surface area contributed by atoms with E-state index < -0.39 is 0 Å². The Bertz CT molecular complexity index is 707. The summed E-state index contributed by atoms with van der Waals surface area (Å²) in [5.41, 5.74) is 7.21. The lowest BCUT2D eigenvalue weighted by Gasteiger charge is -2.29. The fourth-order valence-corrected chi connectivity index (χ4v) is 3.15. The molecule has 0 amide bonds. The Balaban J connectivity index is 2.14. The smallest absolute Gasteiger partial charge is 0.157 e.